The van der Waals surface area contributed by atoms with Crippen molar-refractivity contribution in [2.24, 2.45) is 0 Å². The number of rotatable bonds is 0. The van der Waals surface area contributed by atoms with Crippen LogP contribution in [0.3, 0.4) is 0 Å². The summed E-state index contributed by atoms with van der Waals surface area (Å²) in [5.74, 6) is -3.19. The van der Waals surface area contributed by atoms with Gasteiger partial charge < -0.3 is 10.2 Å². The molecule has 0 saturated carbocycles. The zero-order chi connectivity index (χ0) is 11.2. The molecule has 1 aromatic rings. The Hall–Kier alpha value is -2.10. The quantitative estimate of drug-likeness (QED) is 0.674. The van der Waals surface area contributed by atoms with Gasteiger partial charge >= 0.3 is 0 Å². The average Bonchev–Trinajstić information content (AvgIpc) is 2.23. The molecule has 2 rings (SSSR count). The SMILES string of the molecule is Cc1ccc2c(c1)C(=O)C(O)=C(O)C2=O. The molecule has 0 unspecified atom stereocenters. The monoisotopic (exact) mass is 204 g/mol. The molecule has 0 aromatic heterocycles. The van der Waals surface area contributed by atoms with Crippen LogP contribution in [0.4, 0.5) is 0 Å². The lowest BCUT2D eigenvalue weighted by Crippen LogP contribution is -2.21. The fraction of sp³-hybridized carbons (Fsp3) is 0.0909. The molecule has 76 valence electrons. The second kappa shape index (κ2) is 2.95. The largest absolute Gasteiger partial charge is 0.501 e. The van der Waals surface area contributed by atoms with Crippen LogP contribution in [0, 0.1) is 6.92 Å². The molecule has 2 N–H and O–H groups in total. The minimum Gasteiger partial charge on any atom is -0.501 e. The molecule has 4 nitrogen and oxygen atoms in total. The van der Waals surface area contributed by atoms with Gasteiger partial charge in [-0.3, -0.25) is 9.59 Å². The standard InChI is InChI=1S/C11H8O4/c1-5-2-3-6-7(4-5)9(13)11(15)10(14)8(6)12/h2-4,14-15H,1H3. The third-order valence-electron chi connectivity index (χ3n) is 2.32. The predicted molar refractivity (Wildman–Crippen MR) is 52.1 cm³/mol. The van der Waals surface area contributed by atoms with E-state index in [0.717, 1.165) is 5.56 Å². The van der Waals surface area contributed by atoms with Crippen LogP contribution in [0.5, 0.6) is 0 Å². The van der Waals surface area contributed by atoms with Crippen molar-refractivity contribution in [3.05, 3.63) is 46.4 Å². The van der Waals surface area contributed by atoms with E-state index in [-0.39, 0.29) is 11.1 Å². The van der Waals surface area contributed by atoms with Crippen LogP contribution in [-0.4, -0.2) is 21.8 Å². The Morgan fingerprint density at radius 3 is 2.07 bits per heavy atom. The summed E-state index contributed by atoms with van der Waals surface area (Å²) in [5.41, 5.74) is 1.07. The normalized spacial score (nSPS) is 15.5. The zero-order valence-electron chi connectivity index (χ0n) is 7.94. The average molecular weight is 204 g/mol. The Bertz CT molecular complexity index is 511. The highest BCUT2D eigenvalue weighted by Crippen LogP contribution is 2.24. The van der Waals surface area contributed by atoms with Crippen LogP contribution in [0.15, 0.2) is 29.7 Å². The molecule has 0 spiro atoms. The van der Waals surface area contributed by atoms with Gasteiger partial charge in [0.25, 0.3) is 0 Å². The second-order valence-electron chi connectivity index (χ2n) is 3.40. The molecule has 0 atom stereocenters. The lowest BCUT2D eigenvalue weighted by molar-refractivity contribution is 0.0881. The molecule has 0 heterocycles. The smallest absolute Gasteiger partial charge is 0.232 e. The summed E-state index contributed by atoms with van der Waals surface area (Å²) in [5, 5.41) is 18.4. The van der Waals surface area contributed by atoms with Crippen LogP contribution in [-0.2, 0) is 0 Å². The zero-order valence-corrected chi connectivity index (χ0v) is 7.94. The van der Waals surface area contributed by atoms with Gasteiger partial charge in [0.05, 0.1) is 0 Å². The maximum Gasteiger partial charge on any atom is 0.232 e. The molecule has 0 bridgehead atoms. The van der Waals surface area contributed by atoms with E-state index < -0.39 is 23.1 Å². The van der Waals surface area contributed by atoms with Gasteiger partial charge in [0.2, 0.25) is 23.1 Å². The van der Waals surface area contributed by atoms with Crippen molar-refractivity contribution in [3.8, 4) is 0 Å². The first kappa shape index (κ1) is 9.45. The van der Waals surface area contributed by atoms with Gasteiger partial charge in [-0.05, 0) is 19.1 Å². The minimum absolute atomic E-state index is 0.126. The number of ketones is 2. The molecule has 0 fully saturated rings. The predicted octanol–water partition coefficient (Wildman–Crippen LogP) is 1.70. The Kier molecular flexibility index (Phi) is 1.86. The Balaban J connectivity index is 2.73. The highest BCUT2D eigenvalue weighted by atomic mass is 16.3. The number of aliphatic hydroxyl groups is 2. The molecule has 1 aliphatic rings. The van der Waals surface area contributed by atoms with E-state index in [0.29, 0.717) is 0 Å². The number of carbonyl (C=O) groups excluding carboxylic acids is 2. The third-order valence-corrected chi connectivity index (χ3v) is 2.32. The number of allylic oxidation sites excluding steroid dienone is 2. The first-order valence-electron chi connectivity index (χ1n) is 4.34. The molecule has 1 aliphatic carbocycles. The summed E-state index contributed by atoms with van der Waals surface area (Å²) >= 11 is 0. The number of aliphatic hydroxyl groups excluding tert-OH is 2. The molecule has 0 amide bonds. The van der Waals surface area contributed by atoms with Crippen molar-refractivity contribution in [2.75, 3.05) is 0 Å². The molecule has 15 heavy (non-hydrogen) atoms. The lowest BCUT2D eigenvalue weighted by Gasteiger charge is -2.13. The third kappa shape index (κ3) is 1.22. The highest BCUT2D eigenvalue weighted by molar-refractivity contribution is 6.25. The van der Waals surface area contributed by atoms with Crippen molar-refractivity contribution in [1.82, 2.24) is 0 Å². The number of carbonyl (C=O) groups is 2. The van der Waals surface area contributed by atoms with Gasteiger partial charge in [0.15, 0.2) is 0 Å². The van der Waals surface area contributed by atoms with E-state index in [9.17, 15) is 19.8 Å². The van der Waals surface area contributed by atoms with Gasteiger partial charge in [0, 0.05) is 11.1 Å². The highest BCUT2D eigenvalue weighted by Gasteiger charge is 2.31. The minimum atomic E-state index is -0.878. The maximum atomic E-state index is 11.5. The van der Waals surface area contributed by atoms with E-state index in [1.807, 2.05) is 0 Å². The van der Waals surface area contributed by atoms with Gasteiger partial charge in [-0.15, -0.1) is 0 Å². The van der Waals surface area contributed by atoms with Gasteiger partial charge in [-0.1, -0.05) is 11.6 Å². The number of fused-ring (bicyclic) bond motifs is 1. The summed E-state index contributed by atoms with van der Waals surface area (Å²) in [6.45, 7) is 1.77. The van der Waals surface area contributed by atoms with E-state index in [1.54, 1.807) is 13.0 Å². The van der Waals surface area contributed by atoms with Crippen LogP contribution in [0.25, 0.3) is 0 Å². The number of aryl methyl sites for hydroxylation is 1. The summed E-state index contributed by atoms with van der Waals surface area (Å²) in [6.07, 6.45) is 0. The van der Waals surface area contributed by atoms with Gasteiger partial charge in [-0.25, -0.2) is 0 Å². The van der Waals surface area contributed by atoms with Crippen LogP contribution >= 0.6 is 0 Å². The number of hydrogen-bond acceptors (Lipinski definition) is 4. The fourth-order valence-electron chi connectivity index (χ4n) is 1.51. The Morgan fingerprint density at radius 2 is 1.47 bits per heavy atom. The molecule has 4 heteroatoms. The second-order valence-corrected chi connectivity index (χ2v) is 3.40. The first-order chi connectivity index (χ1) is 7.02. The number of Topliss-reactive ketones (excluding diaryl/α,β-unsaturated/α-hetero) is 2. The lowest BCUT2D eigenvalue weighted by atomic mass is 9.91. The van der Waals surface area contributed by atoms with E-state index in [1.165, 1.54) is 12.1 Å². The first-order valence-corrected chi connectivity index (χ1v) is 4.34. The number of benzene rings is 1. The molecular weight excluding hydrogens is 196 g/mol. The topological polar surface area (TPSA) is 74.6 Å². The fourth-order valence-corrected chi connectivity index (χ4v) is 1.51. The summed E-state index contributed by atoms with van der Waals surface area (Å²) in [6, 6.07) is 4.64. The van der Waals surface area contributed by atoms with Gasteiger partial charge in [0.1, 0.15) is 0 Å². The van der Waals surface area contributed by atoms with Crippen molar-refractivity contribution in [2.45, 2.75) is 6.92 Å². The van der Waals surface area contributed by atoms with Gasteiger partial charge in [-0.2, -0.15) is 0 Å². The molecule has 0 radical (unpaired) electrons. The van der Waals surface area contributed by atoms with Crippen LogP contribution in [0.2, 0.25) is 0 Å². The van der Waals surface area contributed by atoms with Crippen molar-refractivity contribution in [3.63, 3.8) is 0 Å². The molecule has 0 saturated heterocycles. The van der Waals surface area contributed by atoms with E-state index >= 15 is 0 Å². The van der Waals surface area contributed by atoms with E-state index in [2.05, 4.69) is 0 Å². The molecular formula is C11H8O4. The number of hydrogen-bond donors (Lipinski definition) is 2. The van der Waals surface area contributed by atoms with Crippen molar-refractivity contribution < 1.29 is 19.8 Å². The van der Waals surface area contributed by atoms with E-state index in [4.69, 9.17) is 0 Å². The molecule has 1 aromatic carbocycles. The summed E-state index contributed by atoms with van der Waals surface area (Å²) in [4.78, 5) is 23.0. The van der Waals surface area contributed by atoms with Crippen molar-refractivity contribution >= 4 is 11.6 Å². The van der Waals surface area contributed by atoms with Crippen molar-refractivity contribution in [1.29, 1.82) is 0 Å². The molecule has 0 aliphatic heterocycles. The Morgan fingerprint density at radius 1 is 0.933 bits per heavy atom. The summed E-state index contributed by atoms with van der Waals surface area (Å²) in [7, 11) is 0. The van der Waals surface area contributed by atoms with Crippen LogP contribution < -0.4 is 0 Å². The maximum absolute atomic E-state index is 11.5. The van der Waals surface area contributed by atoms with Crippen LogP contribution in [0.1, 0.15) is 26.3 Å². The Labute approximate surface area is 85.5 Å². The summed E-state index contributed by atoms with van der Waals surface area (Å²) < 4.78 is 0.